The van der Waals surface area contributed by atoms with Gasteiger partial charge in [0, 0.05) is 25.5 Å². The van der Waals surface area contributed by atoms with E-state index >= 15 is 0 Å². The predicted octanol–water partition coefficient (Wildman–Crippen LogP) is 2.80. The van der Waals surface area contributed by atoms with E-state index in [9.17, 15) is 22.4 Å². The number of nitrogens with one attached hydrogen (secondary N) is 1. The Balaban J connectivity index is 2.65. The van der Waals surface area contributed by atoms with E-state index in [0.717, 1.165) is 12.1 Å². The predicted molar refractivity (Wildman–Crippen MR) is 68.2 cm³/mol. The Morgan fingerprint density at radius 3 is 2.76 bits per heavy atom. The van der Waals surface area contributed by atoms with Gasteiger partial charge in [-0.15, -0.1) is 0 Å². The molecule has 3 nitrogen and oxygen atoms in total. The lowest BCUT2D eigenvalue weighted by Gasteiger charge is -2.16. The summed E-state index contributed by atoms with van der Waals surface area (Å²) in [7, 11) is 0. The molecule has 0 atom stereocenters. The van der Waals surface area contributed by atoms with Crippen LogP contribution in [0.25, 0.3) is 0 Å². The third-order valence-electron chi connectivity index (χ3n) is 2.20. The fourth-order valence-corrected chi connectivity index (χ4v) is 1.30. The van der Waals surface area contributed by atoms with Gasteiger partial charge in [0.15, 0.2) is 0 Å². The van der Waals surface area contributed by atoms with Crippen molar-refractivity contribution in [1.29, 1.82) is 0 Å². The fraction of sp³-hybridized carbons (Fsp3) is 0.357. The molecular weight excluding hydrogens is 290 g/mol. The molecule has 1 rings (SSSR count). The lowest BCUT2D eigenvalue weighted by Crippen LogP contribution is -2.33. The zero-order valence-electron chi connectivity index (χ0n) is 11.1. The molecule has 0 unspecified atom stereocenters. The van der Waals surface area contributed by atoms with Gasteiger partial charge in [0.2, 0.25) is 5.91 Å². The second kappa shape index (κ2) is 7.53. The molecule has 1 N–H and O–H groups in total. The van der Waals surface area contributed by atoms with E-state index in [1.165, 1.54) is 19.1 Å². The minimum Gasteiger partial charge on any atom is -0.428 e. The Hall–Kier alpha value is -2.23. The van der Waals surface area contributed by atoms with Crippen LogP contribution < -0.4 is 10.1 Å². The summed E-state index contributed by atoms with van der Waals surface area (Å²) in [6.45, 7) is 1.74. The molecular formula is C14H13F4NO2. The van der Waals surface area contributed by atoms with Gasteiger partial charge >= 0.3 is 12.5 Å². The zero-order valence-corrected chi connectivity index (χ0v) is 11.1. The molecule has 0 saturated heterocycles. The van der Waals surface area contributed by atoms with Gasteiger partial charge in [0.1, 0.15) is 5.75 Å². The standard InChI is InChI=1S/C14H13F4NO2/c1-10(20)19-8-3-2-5-11-6-4-7-12(9-11)21-14(17,18)13(15)16/h4,6-7,9,13H,3,8H2,1H3,(H,19,20). The van der Waals surface area contributed by atoms with Crippen LogP contribution in [0, 0.1) is 11.8 Å². The van der Waals surface area contributed by atoms with E-state index in [0.29, 0.717) is 18.5 Å². The highest BCUT2D eigenvalue weighted by atomic mass is 19.3. The van der Waals surface area contributed by atoms with Crippen molar-refractivity contribution >= 4 is 5.91 Å². The second-order valence-electron chi connectivity index (χ2n) is 4.03. The summed E-state index contributed by atoms with van der Waals surface area (Å²) in [5.41, 5.74) is 0.348. The van der Waals surface area contributed by atoms with Gasteiger partial charge in [-0.25, -0.2) is 0 Å². The molecule has 0 spiro atoms. The van der Waals surface area contributed by atoms with Crippen molar-refractivity contribution in [1.82, 2.24) is 5.32 Å². The summed E-state index contributed by atoms with van der Waals surface area (Å²) >= 11 is 0. The van der Waals surface area contributed by atoms with Crippen molar-refractivity contribution in [3.05, 3.63) is 29.8 Å². The Kier molecular flexibility index (Phi) is 6.03. The third-order valence-corrected chi connectivity index (χ3v) is 2.20. The Morgan fingerprint density at radius 1 is 1.43 bits per heavy atom. The van der Waals surface area contributed by atoms with Crippen LogP contribution in [0.3, 0.4) is 0 Å². The van der Waals surface area contributed by atoms with Crippen molar-refractivity contribution < 1.29 is 27.1 Å². The second-order valence-corrected chi connectivity index (χ2v) is 4.03. The molecule has 0 aliphatic heterocycles. The number of ether oxygens (including phenoxy) is 1. The van der Waals surface area contributed by atoms with Crippen molar-refractivity contribution in [2.45, 2.75) is 25.9 Å². The van der Waals surface area contributed by atoms with Gasteiger partial charge in [-0.1, -0.05) is 17.9 Å². The summed E-state index contributed by atoms with van der Waals surface area (Å²) in [4.78, 5) is 10.6. The number of halogens is 4. The number of hydrogen-bond donors (Lipinski definition) is 1. The van der Waals surface area contributed by atoms with Crippen LogP contribution in [0.1, 0.15) is 18.9 Å². The average molecular weight is 303 g/mol. The molecule has 1 aromatic rings. The van der Waals surface area contributed by atoms with Gasteiger partial charge < -0.3 is 10.1 Å². The monoisotopic (exact) mass is 303 g/mol. The number of alkyl halides is 4. The van der Waals surface area contributed by atoms with E-state index in [1.807, 2.05) is 0 Å². The SMILES string of the molecule is CC(=O)NCCC#Cc1cccc(OC(F)(F)C(F)F)c1. The molecule has 1 amide bonds. The third kappa shape index (κ3) is 6.17. The maximum Gasteiger partial charge on any atom is 0.461 e. The first-order chi connectivity index (χ1) is 9.81. The van der Waals surface area contributed by atoms with Crippen molar-refractivity contribution in [3.8, 4) is 17.6 Å². The van der Waals surface area contributed by atoms with Crippen molar-refractivity contribution in [2.75, 3.05) is 6.54 Å². The molecule has 0 heterocycles. The molecule has 114 valence electrons. The van der Waals surface area contributed by atoms with Gasteiger partial charge in [0.05, 0.1) is 0 Å². The van der Waals surface area contributed by atoms with E-state index in [1.54, 1.807) is 0 Å². The number of amides is 1. The minimum absolute atomic E-state index is 0.179. The van der Waals surface area contributed by atoms with Crippen LogP contribution in [0.15, 0.2) is 24.3 Å². The fourth-order valence-electron chi connectivity index (χ4n) is 1.30. The summed E-state index contributed by atoms with van der Waals surface area (Å²) in [5.74, 6) is 4.80. The van der Waals surface area contributed by atoms with Crippen molar-refractivity contribution in [3.63, 3.8) is 0 Å². The number of hydrogen-bond acceptors (Lipinski definition) is 2. The minimum atomic E-state index is -4.54. The van der Waals surface area contributed by atoms with Crippen LogP contribution in [0.5, 0.6) is 5.75 Å². The topological polar surface area (TPSA) is 38.3 Å². The Morgan fingerprint density at radius 2 is 2.14 bits per heavy atom. The molecule has 0 bridgehead atoms. The molecule has 0 fully saturated rings. The smallest absolute Gasteiger partial charge is 0.428 e. The summed E-state index contributed by atoms with van der Waals surface area (Å²) in [6.07, 6.45) is -8.08. The van der Waals surface area contributed by atoms with E-state index in [-0.39, 0.29) is 5.91 Å². The first-order valence-electron chi connectivity index (χ1n) is 5.99. The van der Waals surface area contributed by atoms with Gasteiger partial charge in [0.25, 0.3) is 0 Å². The number of benzene rings is 1. The van der Waals surface area contributed by atoms with Gasteiger partial charge in [-0.3, -0.25) is 4.79 Å². The first kappa shape index (κ1) is 16.8. The van der Waals surface area contributed by atoms with Gasteiger partial charge in [-0.2, -0.15) is 17.6 Å². The van der Waals surface area contributed by atoms with Gasteiger partial charge in [-0.05, 0) is 18.2 Å². The largest absolute Gasteiger partial charge is 0.461 e. The highest BCUT2D eigenvalue weighted by molar-refractivity contribution is 5.72. The number of rotatable bonds is 5. The summed E-state index contributed by atoms with van der Waals surface area (Å²) in [6, 6.07) is 5.17. The Labute approximate surface area is 119 Å². The maximum atomic E-state index is 12.7. The molecule has 0 aromatic heterocycles. The number of carbonyl (C=O) groups is 1. The maximum absolute atomic E-state index is 12.7. The van der Waals surface area contributed by atoms with Crippen LogP contribution in [0.2, 0.25) is 0 Å². The lowest BCUT2D eigenvalue weighted by molar-refractivity contribution is -0.253. The molecule has 1 aromatic carbocycles. The molecule has 0 aliphatic rings. The van der Waals surface area contributed by atoms with E-state index in [4.69, 9.17) is 0 Å². The molecule has 0 saturated carbocycles. The van der Waals surface area contributed by atoms with Crippen LogP contribution in [-0.2, 0) is 4.79 Å². The normalized spacial score (nSPS) is 10.8. The summed E-state index contributed by atoms with van der Waals surface area (Å²) < 4.78 is 53.5. The highest BCUT2D eigenvalue weighted by Crippen LogP contribution is 2.27. The van der Waals surface area contributed by atoms with Crippen molar-refractivity contribution in [2.24, 2.45) is 0 Å². The summed E-state index contributed by atoms with van der Waals surface area (Å²) in [5, 5.41) is 2.54. The van der Waals surface area contributed by atoms with Crippen LogP contribution in [-0.4, -0.2) is 25.0 Å². The molecule has 7 heteroatoms. The quantitative estimate of drug-likeness (QED) is 0.516. The van der Waals surface area contributed by atoms with E-state index in [2.05, 4.69) is 21.9 Å². The molecule has 0 aliphatic carbocycles. The average Bonchev–Trinajstić information content (AvgIpc) is 2.37. The van der Waals surface area contributed by atoms with Crippen LogP contribution in [0.4, 0.5) is 17.6 Å². The van der Waals surface area contributed by atoms with Crippen LogP contribution >= 0.6 is 0 Å². The molecule has 21 heavy (non-hydrogen) atoms. The molecule has 0 radical (unpaired) electrons. The number of carbonyl (C=O) groups excluding carboxylic acids is 1. The lowest BCUT2D eigenvalue weighted by atomic mass is 10.2. The first-order valence-corrected chi connectivity index (χ1v) is 5.99. The zero-order chi connectivity index (χ0) is 15.9. The Bertz CT molecular complexity index is 549. The van der Waals surface area contributed by atoms with E-state index < -0.39 is 18.3 Å². The highest BCUT2D eigenvalue weighted by Gasteiger charge is 2.43.